The number of likely N-dealkylation sites (tertiary alicyclic amines) is 2. The largest absolute Gasteiger partial charge is 0.496 e. The minimum absolute atomic E-state index is 0.138. The molecule has 3 saturated heterocycles. The van der Waals surface area contributed by atoms with Crippen LogP contribution in [0, 0.1) is 5.82 Å². The summed E-state index contributed by atoms with van der Waals surface area (Å²) in [5.74, 6) is -0.0258. The second-order valence-corrected chi connectivity index (χ2v) is 13.9. The maximum absolute atomic E-state index is 15.2. The molecule has 0 bridgehead atoms. The first kappa shape index (κ1) is 33.2. The van der Waals surface area contributed by atoms with Gasteiger partial charge in [0.1, 0.15) is 23.1 Å². The van der Waals surface area contributed by atoms with Gasteiger partial charge in [0.2, 0.25) is 11.8 Å². The van der Waals surface area contributed by atoms with Gasteiger partial charge in [0.05, 0.1) is 13.3 Å². The highest BCUT2D eigenvalue weighted by atomic mass is 35.5. The van der Waals surface area contributed by atoms with Crippen LogP contribution < -0.4 is 20.9 Å². The molecule has 3 fully saturated rings. The van der Waals surface area contributed by atoms with Crippen molar-refractivity contribution in [3.8, 4) is 16.9 Å². The third kappa shape index (κ3) is 6.82. The molecule has 7 rings (SSSR count). The number of piperidine rings is 3. The number of nitrogens with zero attached hydrogens (tertiary/aromatic N) is 4. The van der Waals surface area contributed by atoms with Crippen molar-refractivity contribution in [1.29, 1.82) is 0 Å². The number of imide groups is 1. The number of aryl methyl sites for hydroxylation is 1. The highest BCUT2D eigenvalue weighted by molar-refractivity contribution is 6.32. The topological polar surface area (TPSA) is 125 Å². The van der Waals surface area contributed by atoms with Gasteiger partial charge in [-0.15, -0.1) is 0 Å². The van der Waals surface area contributed by atoms with Crippen LogP contribution in [0.15, 0.2) is 47.5 Å². The standard InChI is InChI=1S/C36H41ClFN7O4/c1-43-19-27(26-18-39-42-34(26)36(43)48)22-15-29(37)28(32(16-22)49-2)20-44-11-9-24(10-12-44)45-13-7-21(8-14-45)25-4-3-23(17-30(25)38)40-31-5-6-33(46)41-35(31)47/h3-4,15-19,21,24,31,40H,5-14,20H2,1-2H3,(H,39,42)(H,41,46,47). The SMILES string of the molecule is COc1cc(-c2cn(C)c(=O)c3[nH]ncc23)cc(Cl)c1CN1CCC(N2CCC(c3ccc(NC4CCC(=O)NC4=O)cc3F)CC2)CC1. The number of aromatic amines is 1. The number of benzene rings is 2. The van der Waals surface area contributed by atoms with Crippen LogP contribution in [0.2, 0.25) is 5.02 Å². The number of hydrogen-bond acceptors (Lipinski definition) is 8. The predicted octanol–water partition coefficient (Wildman–Crippen LogP) is 4.79. The molecule has 2 aromatic carbocycles. The van der Waals surface area contributed by atoms with Crippen LogP contribution >= 0.6 is 11.6 Å². The lowest BCUT2D eigenvalue weighted by atomic mass is 9.87. The summed E-state index contributed by atoms with van der Waals surface area (Å²) in [6, 6.07) is 9.02. The number of anilines is 1. The predicted molar refractivity (Wildman–Crippen MR) is 186 cm³/mol. The lowest BCUT2D eigenvalue weighted by molar-refractivity contribution is -0.133. The molecule has 3 aliphatic rings. The van der Waals surface area contributed by atoms with Gasteiger partial charge in [-0.25, -0.2) is 4.39 Å². The Balaban J connectivity index is 0.934. The lowest BCUT2D eigenvalue weighted by Crippen LogP contribution is -2.47. The lowest BCUT2D eigenvalue weighted by Gasteiger charge is -2.42. The van der Waals surface area contributed by atoms with E-state index in [9.17, 15) is 14.4 Å². The monoisotopic (exact) mass is 689 g/mol. The number of H-pyrrole nitrogens is 1. The normalized spacial score (nSPS) is 20.1. The van der Waals surface area contributed by atoms with Crippen LogP contribution in [-0.2, 0) is 23.2 Å². The van der Waals surface area contributed by atoms with Crippen molar-refractivity contribution < 1.29 is 18.7 Å². The number of carbonyl (C=O) groups excluding carboxylic acids is 2. The van der Waals surface area contributed by atoms with Crippen molar-refractivity contribution in [2.75, 3.05) is 38.6 Å². The number of halogens is 2. The Morgan fingerprint density at radius 1 is 1.04 bits per heavy atom. The molecule has 1 atom stereocenters. The van der Waals surface area contributed by atoms with Crippen molar-refractivity contribution in [3.05, 3.63) is 75.0 Å². The van der Waals surface area contributed by atoms with E-state index in [2.05, 4.69) is 30.6 Å². The van der Waals surface area contributed by atoms with E-state index in [1.54, 1.807) is 26.6 Å². The first-order valence-electron chi connectivity index (χ1n) is 16.9. The van der Waals surface area contributed by atoms with Crippen molar-refractivity contribution in [1.82, 2.24) is 29.9 Å². The first-order chi connectivity index (χ1) is 23.7. The average Bonchev–Trinajstić information content (AvgIpc) is 3.60. The summed E-state index contributed by atoms with van der Waals surface area (Å²) < 4.78 is 22.6. The summed E-state index contributed by atoms with van der Waals surface area (Å²) in [5.41, 5.74) is 4.24. The number of pyridine rings is 1. The number of fused-ring (bicyclic) bond motifs is 1. The van der Waals surface area contributed by atoms with E-state index in [0.29, 0.717) is 41.0 Å². The van der Waals surface area contributed by atoms with E-state index >= 15 is 4.39 Å². The molecule has 0 spiro atoms. The fourth-order valence-corrected chi connectivity index (χ4v) is 7.98. The molecular formula is C36H41ClFN7O4. The van der Waals surface area contributed by atoms with Crippen LogP contribution in [0.5, 0.6) is 5.75 Å². The van der Waals surface area contributed by atoms with Crippen molar-refractivity contribution in [2.45, 2.75) is 63.1 Å². The Morgan fingerprint density at radius 3 is 2.53 bits per heavy atom. The minimum Gasteiger partial charge on any atom is -0.496 e. The smallest absolute Gasteiger partial charge is 0.276 e. The van der Waals surface area contributed by atoms with Gasteiger partial charge in [-0.05, 0) is 99.6 Å². The highest BCUT2D eigenvalue weighted by Crippen LogP contribution is 2.37. The zero-order chi connectivity index (χ0) is 34.2. The Bertz CT molecular complexity index is 1950. The molecule has 258 valence electrons. The van der Waals surface area contributed by atoms with Crippen LogP contribution in [0.25, 0.3) is 22.0 Å². The number of nitrogens with one attached hydrogen (secondary N) is 3. The second-order valence-electron chi connectivity index (χ2n) is 13.5. The molecule has 5 heterocycles. The van der Waals surface area contributed by atoms with Crippen LogP contribution in [0.1, 0.15) is 55.6 Å². The summed E-state index contributed by atoms with van der Waals surface area (Å²) in [5, 5.41) is 13.7. The number of aromatic nitrogens is 3. The van der Waals surface area contributed by atoms with Gasteiger partial charge in [0.15, 0.2) is 0 Å². The van der Waals surface area contributed by atoms with Crippen LogP contribution in [0.3, 0.4) is 0 Å². The van der Waals surface area contributed by atoms with Gasteiger partial charge in [-0.2, -0.15) is 5.10 Å². The molecule has 1 unspecified atom stereocenters. The molecule has 13 heteroatoms. The van der Waals surface area contributed by atoms with Crippen molar-refractivity contribution in [2.24, 2.45) is 7.05 Å². The molecule has 4 aromatic rings. The number of rotatable bonds is 8. The van der Waals surface area contributed by atoms with Gasteiger partial charge in [-0.3, -0.25) is 29.7 Å². The molecule has 2 amide bonds. The summed E-state index contributed by atoms with van der Waals surface area (Å²) in [7, 11) is 3.37. The van der Waals surface area contributed by atoms with Gasteiger partial charge in [-0.1, -0.05) is 17.7 Å². The van der Waals surface area contributed by atoms with Crippen molar-refractivity contribution in [3.63, 3.8) is 0 Å². The third-order valence-corrected chi connectivity index (χ3v) is 10.8. The first-order valence-corrected chi connectivity index (χ1v) is 17.3. The van der Waals surface area contributed by atoms with E-state index in [-0.39, 0.29) is 35.5 Å². The maximum Gasteiger partial charge on any atom is 0.276 e. The van der Waals surface area contributed by atoms with E-state index in [1.807, 2.05) is 24.3 Å². The molecular weight excluding hydrogens is 649 g/mol. The van der Waals surface area contributed by atoms with Gasteiger partial charge in [0, 0.05) is 59.5 Å². The van der Waals surface area contributed by atoms with Crippen LogP contribution in [0.4, 0.5) is 10.1 Å². The molecule has 11 nitrogen and oxygen atoms in total. The Hall–Kier alpha value is -4.26. The number of methoxy groups -OCH3 is 1. The molecule has 0 radical (unpaired) electrons. The summed E-state index contributed by atoms with van der Waals surface area (Å²) in [4.78, 5) is 41.0. The number of ether oxygens (including phenoxy) is 1. The fraction of sp³-hybridized carbons (Fsp3) is 0.444. The van der Waals surface area contributed by atoms with E-state index in [4.69, 9.17) is 16.3 Å². The van der Waals surface area contributed by atoms with E-state index in [0.717, 1.165) is 79.5 Å². The second kappa shape index (κ2) is 13.9. The fourth-order valence-electron chi connectivity index (χ4n) is 7.71. The van der Waals surface area contributed by atoms with Crippen molar-refractivity contribution >= 4 is 40.0 Å². The Morgan fingerprint density at radius 2 is 1.82 bits per heavy atom. The Kier molecular flexibility index (Phi) is 9.45. The Labute approximate surface area is 288 Å². The van der Waals surface area contributed by atoms with Gasteiger partial charge in [0.25, 0.3) is 5.56 Å². The zero-order valence-electron chi connectivity index (χ0n) is 27.7. The average molecular weight is 690 g/mol. The molecule has 3 N–H and O–H groups in total. The number of amides is 2. The molecule has 2 aromatic heterocycles. The maximum atomic E-state index is 15.2. The molecule has 0 saturated carbocycles. The number of hydrogen-bond donors (Lipinski definition) is 3. The molecule has 0 aliphatic carbocycles. The molecule has 3 aliphatic heterocycles. The summed E-state index contributed by atoms with van der Waals surface area (Å²) in [6.07, 6.45) is 8.03. The zero-order valence-corrected chi connectivity index (χ0v) is 28.5. The molecule has 49 heavy (non-hydrogen) atoms. The summed E-state index contributed by atoms with van der Waals surface area (Å²) in [6.45, 7) is 4.43. The number of carbonyl (C=O) groups is 2. The quantitative estimate of drug-likeness (QED) is 0.226. The van der Waals surface area contributed by atoms with E-state index in [1.165, 1.54) is 10.6 Å². The minimum atomic E-state index is -0.537. The van der Waals surface area contributed by atoms with Gasteiger partial charge < -0.3 is 19.5 Å². The van der Waals surface area contributed by atoms with Gasteiger partial charge >= 0.3 is 0 Å². The third-order valence-electron chi connectivity index (χ3n) is 10.5. The highest BCUT2D eigenvalue weighted by Gasteiger charge is 2.31. The van der Waals surface area contributed by atoms with Crippen LogP contribution in [-0.4, -0.2) is 81.8 Å². The summed E-state index contributed by atoms with van der Waals surface area (Å²) >= 11 is 6.90. The van der Waals surface area contributed by atoms with E-state index < -0.39 is 6.04 Å².